The summed E-state index contributed by atoms with van der Waals surface area (Å²) >= 11 is 0. The van der Waals surface area contributed by atoms with Crippen LogP contribution in [-0.2, 0) is 9.84 Å². The molecule has 90 valence electrons. The van der Waals surface area contributed by atoms with Crippen molar-refractivity contribution in [1.82, 2.24) is 5.32 Å². The first kappa shape index (κ1) is 13.1. The van der Waals surface area contributed by atoms with E-state index in [4.69, 9.17) is 0 Å². The maximum Gasteiger partial charge on any atom is 0.149 e. The third-order valence-electron chi connectivity index (χ3n) is 2.16. The number of nitrogens with one attached hydrogen (secondary N) is 1. The van der Waals surface area contributed by atoms with Crippen LogP contribution in [0.2, 0.25) is 0 Å². The van der Waals surface area contributed by atoms with Crippen LogP contribution in [0.5, 0.6) is 0 Å². The Bertz CT molecular complexity index is 474. The highest BCUT2D eigenvalue weighted by atomic mass is 32.2. The summed E-state index contributed by atoms with van der Waals surface area (Å²) in [5.74, 6) is -1.66. The summed E-state index contributed by atoms with van der Waals surface area (Å²) in [6.45, 7) is 0. The second-order valence-electron chi connectivity index (χ2n) is 3.60. The molecule has 0 saturated heterocycles. The van der Waals surface area contributed by atoms with E-state index < -0.39 is 27.5 Å². The molecule has 3 nitrogen and oxygen atoms in total. The Morgan fingerprint density at radius 2 is 2.00 bits per heavy atom. The van der Waals surface area contributed by atoms with Crippen molar-refractivity contribution in [3.05, 3.63) is 35.4 Å². The van der Waals surface area contributed by atoms with Crippen molar-refractivity contribution in [1.29, 1.82) is 0 Å². The molecule has 0 aromatic heterocycles. The Balaban J connectivity index is 3.04. The highest BCUT2D eigenvalue weighted by molar-refractivity contribution is 7.90. The molecule has 0 saturated carbocycles. The lowest BCUT2D eigenvalue weighted by molar-refractivity contribution is 0.536. The van der Waals surface area contributed by atoms with Gasteiger partial charge in [0.25, 0.3) is 0 Å². The van der Waals surface area contributed by atoms with Crippen LogP contribution in [0, 0.1) is 11.6 Å². The van der Waals surface area contributed by atoms with Gasteiger partial charge in [0.1, 0.15) is 21.5 Å². The zero-order valence-electron chi connectivity index (χ0n) is 9.00. The van der Waals surface area contributed by atoms with Crippen molar-refractivity contribution in [2.45, 2.75) is 6.04 Å². The van der Waals surface area contributed by atoms with Gasteiger partial charge in [-0.1, -0.05) is 6.07 Å². The van der Waals surface area contributed by atoms with Crippen LogP contribution in [0.1, 0.15) is 11.6 Å². The van der Waals surface area contributed by atoms with Crippen LogP contribution < -0.4 is 5.32 Å². The van der Waals surface area contributed by atoms with Crippen molar-refractivity contribution in [2.24, 2.45) is 0 Å². The number of sulfone groups is 1. The lowest BCUT2D eigenvalue weighted by Crippen LogP contribution is -2.25. The molecule has 1 N–H and O–H groups in total. The third kappa shape index (κ3) is 3.53. The Morgan fingerprint density at radius 1 is 1.38 bits per heavy atom. The standard InChI is InChI=1S/C10H13F2NO2S/c1-13-10(6-16(2,14)15)8-4-3-7(11)5-9(8)12/h3-5,10,13H,6H2,1-2H3. The smallest absolute Gasteiger partial charge is 0.149 e. The van der Waals surface area contributed by atoms with Crippen LogP contribution >= 0.6 is 0 Å². The van der Waals surface area contributed by atoms with E-state index in [2.05, 4.69) is 5.32 Å². The molecule has 1 aromatic rings. The first-order valence-corrected chi connectivity index (χ1v) is 6.69. The molecule has 0 amide bonds. The van der Waals surface area contributed by atoms with Gasteiger partial charge < -0.3 is 5.32 Å². The molecule has 6 heteroatoms. The van der Waals surface area contributed by atoms with Gasteiger partial charge in [0.15, 0.2) is 0 Å². The van der Waals surface area contributed by atoms with E-state index in [1.165, 1.54) is 13.1 Å². The van der Waals surface area contributed by atoms with Gasteiger partial charge in [0, 0.05) is 23.9 Å². The van der Waals surface area contributed by atoms with Crippen molar-refractivity contribution in [2.75, 3.05) is 19.1 Å². The quantitative estimate of drug-likeness (QED) is 0.874. The Kier molecular flexibility index (Phi) is 3.98. The summed E-state index contributed by atoms with van der Waals surface area (Å²) < 4.78 is 48.3. The average Bonchev–Trinajstić information content (AvgIpc) is 2.13. The second kappa shape index (κ2) is 4.88. The molecule has 0 spiro atoms. The molecule has 0 aliphatic carbocycles. The highest BCUT2D eigenvalue weighted by Crippen LogP contribution is 2.19. The van der Waals surface area contributed by atoms with Crippen LogP contribution in [0.15, 0.2) is 18.2 Å². The minimum atomic E-state index is -3.23. The van der Waals surface area contributed by atoms with E-state index in [9.17, 15) is 17.2 Å². The van der Waals surface area contributed by atoms with E-state index in [1.807, 2.05) is 0 Å². The minimum Gasteiger partial charge on any atom is -0.312 e. The third-order valence-corrected chi connectivity index (χ3v) is 3.09. The summed E-state index contributed by atoms with van der Waals surface area (Å²) in [5, 5.41) is 2.69. The average molecular weight is 249 g/mol. The largest absolute Gasteiger partial charge is 0.312 e. The van der Waals surface area contributed by atoms with Gasteiger partial charge in [0.2, 0.25) is 0 Å². The lowest BCUT2D eigenvalue weighted by atomic mass is 10.1. The van der Waals surface area contributed by atoms with Crippen molar-refractivity contribution in [3.63, 3.8) is 0 Å². The maximum absolute atomic E-state index is 13.4. The molecule has 0 aliphatic rings. The van der Waals surface area contributed by atoms with E-state index in [0.29, 0.717) is 0 Å². The molecular weight excluding hydrogens is 236 g/mol. The fraction of sp³-hybridized carbons (Fsp3) is 0.400. The topological polar surface area (TPSA) is 46.2 Å². The molecule has 0 radical (unpaired) electrons. The normalized spacial score (nSPS) is 13.8. The van der Waals surface area contributed by atoms with Gasteiger partial charge in [-0.3, -0.25) is 0 Å². The van der Waals surface area contributed by atoms with Crippen molar-refractivity contribution in [3.8, 4) is 0 Å². The lowest BCUT2D eigenvalue weighted by Gasteiger charge is -2.16. The number of rotatable bonds is 4. The molecule has 16 heavy (non-hydrogen) atoms. The van der Waals surface area contributed by atoms with Gasteiger partial charge in [-0.2, -0.15) is 0 Å². The minimum absolute atomic E-state index is 0.148. The van der Waals surface area contributed by atoms with Gasteiger partial charge in [-0.15, -0.1) is 0 Å². The number of hydrogen-bond acceptors (Lipinski definition) is 3. The monoisotopic (exact) mass is 249 g/mol. The molecule has 0 fully saturated rings. The van der Waals surface area contributed by atoms with Crippen LogP contribution in [-0.4, -0.2) is 27.5 Å². The van der Waals surface area contributed by atoms with Crippen LogP contribution in [0.25, 0.3) is 0 Å². The van der Waals surface area contributed by atoms with E-state index in [0.717, 1.165) is 18.4 Å². The Labute approximate surface area is 93.4 Å². The molecule has 1 unspecified atom stereocenters. The van der Waals surface area contributed by atoms with Crippen LogP contribution in [0.3, 0.4) is 0 Å². The van der Waals surface area contributed by atoms with E-state index in [1.54, 1.807) is 0 Å². The zero-order chi connectivity index (χ0) is 12.3. The second-order valence-corrected chi connectivity index (χ2v) is 5.78. The van der Waals surface area contributed by atoms with E-state index in [-0.39, 0.29) is 11.3 Å². The predicted octanol–water partition coefficient (Wildman–Crippen LogP) is 1.27. The van der Waals surface area contributed by atoms with Crippen molar-refractivity contribution < 1.29 is 17.2 Å². The first-order chi connectivity index (χ1) is 7.33. The SMILES string of the molecule is CNC(CS(C)(=O)=O)c1ccc(F)cc1F. The maximum atomic E-state index is 13.4. The fourth-order valence-corrected chi connectivity index (χ4v) is 2.37. The molecule has 1 atom stereocenters. The van der Waals surface area contributed by atoms with Gasteiger partial charge in [0.05, 0.1) is 5.75 Å². The Morgan fingerprint density at radius 3 is 2.44 bits per heavy atom. The van der Waals surface area contributed by atoms with Crippen LogP contribution in [0.4, 0.5) is 8.78 Å². The molecule has 0 bridgehead atoms. The first-order valence-electron chi connectivity index (χ1n) is 4.63. The molecule has 1 aromatic carbocycles. The predicted molar refractivity (Wildman–Crippen MR) is 57.9 cm³/mol. The van der Waals surface area contributed by atoms with Crippen molar-refractivity contribution >= 4 is 9.84 Å². The molecular formula is C10H13F2NO2S. The Hall–Kier alpha value is -1.01. The molecule has 1 rings (SSSR count). The van der Waals surface area contributed by atoms with Gasteiger partial charge >= 0.3 is 0 Å². The number of hydrogen-bond donors (Lipinski definition) is 1. The number of halogens is 2. The van der Waals surface area contributed by atoms with E-state index >= 15 is 0 Å². The summed E-state index contributed by atoms with van der Waals surface area (Å²) in [7, 11) is -1.71. The molecule has 0 heterocycles. The fourth-order valence-electron chi connectivity index (χ4n) is 1.42. The zero-order valence-corrected chi connectivity index (χ0v) is 9.81. The summed E-state index contributed by atoms with van der Waals surface area (Å²) in [4.78, 5) is 0. The highest BCUT2D eigenvalue weighted by Gasteiger charge is 2.19. The summed E-state index contributed by atoms with van der Waals surface area (Å²) in [6, 6.07) is 2.42. The summed E-state index contributed by atoms with van der Waals surface area (Å²) in [5.41, 5.74) is 0.148. The number of benzene rings is 1. The molecule has 0 aliphatic heterocycles. The van der Waals surface area contributed by atoms with Gasteiger partial charge in [-0.25, -0.2) is 17.2 Å². The van der Waals surface area contributed by atoms with Gasteiger partial charge in [-0.05, 0) is 13.1 Å². The summed E-state index contributed by atoms with van der Waals surface area (Å²) in [6.07, 6.45) is 1.07.